The van der Waals surface area contributed by atoms with Crippen LogP contribution in [0.4, 0.5) is 15.8 Å². The van der Waals surface area contributed by atoms with Crippen molar-refractivity contribution in [2.24, 2.45) is 0 Å². The third-order valence-corrected chi connectivity index (χ3v) is 2.56. The molecule has 0 unspecified atom stereocenters. The summed E-state index contributed by atoms with van der Waals surface area (Å²) in [5.74, 6) is -1.43. The topological polar surface area (TPSA) is 86.3 Å². The van der Waals surface area contributed by atoms with Gasteiger partial charge in [0.2, 0.25) is 0 Å². The van der Waals surface area contributed by atoms with Gasteiger partial charge in [0, 0.05) is 6.07 Å². The number of nitro benzene ring substituents is 2. The molecule has 2 rings (SSSR count). The Kier molecular flexibility index (Phi) is 3.19. The fourth-order valence-electron chi connectivity index (χ4n) is 1.72. The van der Waals surface area contributed by atoms with Gasteiger partial charge in [-0.1, -0.05) is 30.3 Å². The molecule has 0 fully saturated rings. The highest BCUT2D eigenvalue weighted by atomic mass is 19.1. The summed E-state index contributed by atoms with van der Waals surface area (Å²) in [5, 5.41) is 21.5. The van der Waals surface area contributed by atoms with E-state index in [9.17, 15) is 24.6 Å². The number of benzene rings is 2. The molecule has 0 N–H and O–H groups in total. The SMILES string of the molecule is O=[N+]([O-])c1ccc(-c2ccccc2)c([N+](=O)[O-])c1F. The van der Waals surface area contributed by atoms with E-state index in [1.54, 1.807) is 30.3 Å². The Hall–Kier alpha value is -2.83. The molecule has 2 aromatic rings. The lowest BCUT2D eigenvalue weighted by atomic mass is 10.0. The highest BCUT2D eigenvalue weighted by molar-refractivity contribution is 5.75. The van der Waals surface area contributed by atoms with Gasteiger partial charge in [-0.05, 0) is 11.6 Å². The number of nitrogens with zero attached hydrogens (tertiary/aromatic N) is 2. The van der Waals surface area contributed by atoms with Crippen molar-refractivity contribution in [1.82, 2.24) is 0 Å². The average Bonchev–Trinajstić information content (AvgIpc) is 2.38. The molecular weight excluding hydrogens is 255 g/mol. The number of hydrogen-bond acceptors (Lipinski definition) is 4. The Morgan fingerprint density at radius 1 is 0.895 bits per heavy atom. The quantitative estimate of drug-likeness (QED) is 0.627. The lowest BCUT2D eigenvalue weighted by Gasteiger charge is -2.04. The highest BCUT2D eigenvalue weighted by Gasteiger charge is 2.29. The van der Waals surface area contributed by atoms with Crippen LogP contribution in [0.25, 0.3) is 11.1 Å². The summed E-state index contributed by atoms with van der Waals surface area (Å²) >= 11 is 0. The predicted octanol–water partition coefficient (Wildman–Crippen LogP) is 3.31. The Balaban J connectivity index is 2.73. The van der Waals surface area contributed by atoms with E-state index in [0.717, 1.165) is 6.07 Å². The fraction of sp³-hybridized carbons (Fsp3) is 0. The number of nitro groups is 2. The second-order valence-electron chi connectivity index (χ2n) is 3.68. The first-order chi connectivity index (χ1) is 9.02. The summed E-state index contributed by atoms with van der Waals surface area (Å²) in [6, 6.07) is 10.2. The maximum Gasteiger partial charge on any atom is 0.319 e. The molecule has 0 bridgehead atoms. The van der Waals surface area contributed by atoms with E-state index in [1.807, 2.05) is 0 Å². The maximum absolute atomic E-state index is 13.8. The van der Waals surface area contributed by atoms with Crippen LogP contribution in [0.15, 0.2) is 42.5 Å². The second-order valence-corrected chi connectivity index (χ2v) is 3.68. The van der Waals surface area contributed by atoms with E-state index in [0.29, 0.717) is 5.56 Å². The molecule has 0 aliphatic carbocycles. The molecule has 0 heterocycles. The lowest BCUT2D eigenvalue weighted by Crippen LogP contribution is -2.00. The van der Waals surface area contributed by atoms with Gasteiger partial charge in [-0.25, -0.2) is 0 Å². The molecule has 0 radical (unpaired) electrons. The Bertz CT molecular complexity index is 658. The van der Waals surface area contributed by atoms with Crippen LogP contribution in [-0.4, -0.2) is 9.85 Å². The van der Waals surface area contributed by atoms with Gasteiger partial charge in [0.05, 0.1) is 15.4 Å². The van der Waals surface area contributed by atoms with Crippen molar-refractivity contribution >= 4 is 11.4 Å². The average molecular weight is 262 g/mol. The number of halogens is 1. The third-order valence-electron chi connectivity index (χ3n) is 2.56. The molecule has 0 aliphatic rings. The van der Waals surface area contributed by atoms with E-state index < -0.39 is 27.0 Å². The minimum absolute atomic E-state index is 0.00806. The third kappa shape index (κ3) is 2.25. The van der Waals surface area contributed by atoms with E-state index in [-0.39, 0.29) is 5.56 Å². The Labute approximate surface area is 106 Å². The van der Waals surface area contributed by atoms with Crippen LogP contribution in [0.5, 0.6) is 0 Å². The first kappa shape index (κ1) is 12.6. The molecule has 0 spiro atoms. The van der Waals surface area contributed by atoms with Crippen molar-refractivity contribution in [3.05, 3.63) is 68.5 Å². The summed E-state index contributed by atoms with van der Waals surface area (Å²) in [6.45, 7) is 0. The predicted molar refractivity (Wildman–Crippen MR) is 65.1 cm³/mol. The second kappa shape index (κ2) is 4.81. The van der Waals surface area contributed by atoms with Gasteiger partial charge in [-0.3, -0.25) is 20.2 Å². The summed E-state index contributed by atoms with van der Waals surface area (Å²) in [6.07, 6.45) is 0. The highest BCUT2D eigenvalue weighted by Crippen LogP contribution is 2.36. The van der Waals surface area contributed by atoms with Crippen LogP contribution in [0.2, 0.25) is 0 Å². The molecule has 96 valence electrons. The summed E-state index contributed by atoms with van der Waals surface area (Å²) in [4.78, 5) is 19.6. The van der Waals surface area contributed by atoms with Gasteiger partial charge in [0.15, 0.2) is 0 Å². The summed E-state index contributed by atoms with van der Waals surface area (Å²) in [7, 11) is 0. The van der Waals surface area contributed by atoms with Crippen molar-refractivity contribution in [3.8, 4) is 11.1 Å². The molecule has 0 aromatic heterocycles. The van der Waals surface area contributed by atoms with Crippen LogP contribution in [0.1, 0.15) is 0 Å². The molecule has 0 atom stereocenters. The minimum atomic E-state index is -1.43. The normalized spacial score (nSPS) is 10.2. The first-order valence-corrected chi connectivity index (χ1v) is 5.19. The van der Waals surface area contributed by atoms with E-state index >= 15 is 0 Å². The largest absolute Gasteiger partial charge is 0.319 e. The van der Waals surface area contributed by atoms with Crippen LogP contribution in [0.3, 0.4) is 0 Å². The van der Waals surface area contributed by atoms with E-state index in [4.69, 9.17) is 0 Å². The molecular formula is C12H7FN2O4. The van der Waals surface area contributed by atoms with Crippen LogP contribution < -0.4 is 0 Å². The van der Waals surface area contributed by atoms with Crippen molar-refractivity contribution in [2.45, 2.75) is 0 Å². The molecule has 2 aromatic carbocycles. The van der Waals surface area contributed by atoms with Crippen molar-refractivity contribution in [3.63, 3.8) is 0 Å². The zero-order valence-corrected chi connectivity index (χ0v) is 9.45. The van der Waals surface area contributed by atoms with Crippen LogP contribution in [0, 0.1) is 26.0 Å². The zero-order chi connectivity index (χ0) is 14.0. The van der Waals surface area contributed by atoms with Gasteiger partial charge >= 0.3 is 11.4 Å². The van der Waals surface area contributed by atoms with E-state index in [2.05, 4.69) is 0 Å². The number of hydrogen-bond donors (Lipinski definition) is 0. The molecule has 0 aliphatic heterocycles. The monoisotopic (exact) mass is 262 g/mol. The summed E-state index contributed by atoms with van der Waals surface area (Å²) < 4.78 is 13.8. The molecule has 0 amide bonds. The van der Waals surface area contributed by atoms with Gasteiger partial charge in [-0.15, -0.1) is 0 Å². The molecule has 6 nitrogen and oxygen atoms in total. The summed E-state index contributed by atoms with van der Waals surface area (Å²) in [5.41, 5.74) is -1.37. The fourth-order valence-corrected chi connectivity index (χ4v) is 1.72. The Morgan fingerprint density at radius 3 is 2.05 bits per heavy atom. The molecule has 7 heteroatoms. The van der Waals surface area contributed by atoms with Crippen molar-refractivity contribution in [2.75, 3.05) is 0 Å². The lowest BCUT2D eigenvalue weighted by molar-refractivity contribution is -0.398. The standard InChI is InChI=1S/C12H7FN2O4/c13-11-10(14(16)17)7-6-9(12(11)15(18)19)8-4-2-1-3-5-8/h1-7H. The van der Waals surface area contributed by atoms with Gasteiger partial charge < -0.3 is 0 Å². The zero-order valence-electron chi connectivity index (χ0n) is 9.45. The van der Waals surface area contributed by atoms with Crippen LogP contribution >= 0.6 is 0 Å². The first-order valence-electron chi connectivity index (χ1n) is 5.19. The van der Waals surface area contributed by atoms with Crippen molar-refractivity contribution in [1.29, 1.82) is 0 Å². The van der Waals surface area contributed by atoms with Crippen molar-refractivity contribution < 1.29 is 14.2 Å². The smallest absolute Gasteiger partial charge is 0.258 e. The number of rotatable bonds is 3. The van der Waals surface area contributed by atoms with Crippen LogP contribution in [-0.2, 0) is 0 Å². The molecule has 19 heavy (non-hydrogen) atoms. The van der Waals surface area contributed by atoms with E-state index in [1.165, 1.54) is 6.07 Å². The van der Waals surface area contributed by atoms with Gasteiger partial charge in [0.25, 0.3) is 5.82 Å². The minimum Gasteiger partial charge on any atom is -0.258 e. The molecule has 0 saturated heterocycles. The maximum atomic E-state index is 13.8. The molecule has 0 saturated carbocycles. The van der Waals surface area contributed by atoms with Gasteiger partial charge in [0.1, 0.15) is 0 Å². The Morgan fingerprint density at radius 2 is 1.53 bits per heavy atom. The van der Waals surface area contributed by atoms with Gasteiger partial charge in [-0.2, -0.15) is 4.39 Å².